The number of rotatable bonds is 10. The van der Waals surface area contributed by atoms with Crippen LogP contribution in [-0.4, -0.2) is 78.8 Å². The predicted octanol–water partition coefficient (Wildman–Crippen LogP) is 5.69. The minimum atomic E-state index is -0.256. The van der Waals surface area contributed by atoms with Crippen molar-refractivity contribution in [2.75, 3.05) is 45.0 Å². The van der Waals surface area contributed by atoms with Crippen LogP contribution < -0.4 is 5.32 Å². The van der Waals surface area contributed by atoms with E-state index in [1.165, 1.54) is 44.1 Å². The molecule has 3 aliphatic rings. The van der Waals surface area contributed by atoms with Crippen LogP contribution in [0.4, 0.5) is 4.39 Å². The Labute approximate surface area is 224 Å². The molecular formula is C29H44FN6P. The molecule has 3 heterocycles. The maximum absolute atomic E-state index is 14.3. The first-order valence-electron chi connectivity index (χ1n) is 13.6. The smallest absolute Gasteiger partial charge is 0.159 e. The molecule has 202 valence electrons. The van der Waals surface area contributed by atoms with Crippen molar-refractivity contribution in [3.05, 3.63) is 60.9 Å². The highest BCUT2D eigenvalue weighted by atomic mass is 31.1. The molecule has 0 aromatic heterocycles. The van der Waals surface area contributed by atoms with Crippen molar-refractivity contribution in [2.24, 2.45) is 20.9 Å². The number of hydrogen-bond acceptors (Lipinski definition) is 4. The lowest BCUT2D eigenvalue weighted by molar-refractivity contribution is 0.305. The number of aliphatic imine (C=N–C) groups is 3. The van der Waals surface area contributed by atoms with Crippen LogP contribution in [0.1, 0.15) is 46.0 Å². The second-order valence-corrected chi connectivity index (χ2v) is 11.4. The van der Waals surface area contributed by atoms with Crippen molar-refractivity contribution in [1.29, 1.82) is 0 Å². The Morgan fingerprint density at radius 3 is 2.73 bits per heavy atom. The molecule has 0 spiro atoms. The Morgan fingerprint density at radius 1 is 1.24 bits per heavy atom. The van der Waals surface area contributed by atoms with E-state index in [1.807, 2.05) is 31.0 Å². The summed E-state index contributed by atoms with van der Waals surface area (Å²) < 4.78 is 14.3. The van der Waals surface area contributed by atoms with Crippen molar-refractivity contribution >= 4 is 26.5 Å². The Hall–Kier alpha value is -2.37. The van der Waals surface area contributed by atoms with Gasteiger partial charge in [0.2, 0.25) is 0 Å². The number of halogens is 1. The summed E-state index contributed by atoms with van der Waals surface area (Å²) in [5.74, 6) is 0.501. The number of hydrogen-bond donors (Lipinski definition) is 1. The molecule has 0 aromatic carbocycles. The van der Waals surface area contributed by atoms with E-state index < -0.39 is 0 Å². The van der Waals surface area contributed by atoms with Gasteiger partial charge in [0.25, 0.3) is 0 Å². The van der Waals surface area contributed by atoms with E-state index in [2.05, 4.69) is 33.4 Å². The van der Waals surface area contributed by atoms with Crippen LogP contribution in [0.5, 0.6) is 0 Å². The second kappa shape index (κ2) is 15.8. The van der Waals surface area contributed by atoms with Crippen LogP contribution >= 0.6 is 8.58 Å². The molecule has 37 heavy (non-hydrogen) atoms. The third kappa shape index (κ3) is 10.1. The van der Waals surface area contributed by atoms with Crippen LogP contribution in [0.15, 0.2) is 75.9 Å². The fourth-order valence-electron chi connectivity index (χ4n) is 4.72. The molecule has 1 atom stereocenters. The molecule has 6 nitrogen and oxygen atoms in total. The molecule has 2 saturated heterocycles. The Morgan fingerprint density at radius 2 is 2.00 bits per heavy atom. The van der Waals surface area contributed by atoms with Crippen LogP contribution in [0.3, 0.4) is 0 Å². The van der Waals surface area contributed by atoms with Gasteiger partial charge in [-0.2, -0.15) is 0 Å². The molecule has 0 aliphatic carbocycles. The first-order chi connectivity index (χ1) is 18.0. The quantitative estimate of drug-likeness (QED) is 0.226. The maximum Gasteiger partial charge on any atom is 0.159 e. The van der Waals surface area contributed by atoms with Gasteiger partial charge in [-0.25, -0.2) is 14.4 Å². The predicted molar refractivity (Wildman–Crippen MR) is 160 cm³/mol. The lowest BCUT2D eigenvalue weighted by atomic mass is 10.0. The highest BCUT2D eigenvalue weighted by Crippen LogP contribution is 2.23. The lowest BCUT2D eigenvalue weighted by Crippen LogP contribution is -2.34. The van der Waals surface area contributed by atoms with Crippen molar-refractivity contribution in [2.45, 2.75) is 52.0 Å². The second-order valence-electron chi connectivity index (χ2n) is 9.86. The average Bonchev–Trinajstić information content (AvgIpc) is 3.43. The molecule has 1 unspecified atom stereocenters. The van der Waals surface area contributed by atoms with Gasteiger partial charge >= 0.3 is 0 Å². The standard InChI is InChI=1S/C29H44FN6P/c1-5-31-22-32-29(25(4)33-23(2)24(3)34-28-13-19-37-20-14-28)36-17-8-9-27(30)11-10-26(21-36)12-18-35-15-6-7-16-35/h8-11,17,22,26,28,34,37H,3-7,12-16,18-21H2,1-2H3/b11-10+,17-8+,27-9+,31-22-,32-29+,33-23+. The third-order valence-electron chi connectivity index (χ3n) is 6.93. The highest BCUT2D eigenvalue weighted by Gasteiger charge is 2.20. The van der Waals surface area contributed by atoms with Crippen LogP contribution in [0.2, 0.25) is 0 Å². The van der Waals surface area contributed by atoms with E-state index in [4.69, 9.17) is 4.99 Å². The summed E-state index contributed by atoms with van der Waals surface area (Å²) in [6, 6.07) is 0.461. The Bertz CT molecular complexity index is 951. The van der Waals surface area contributed by atoms with E-state index in [-0.39, 0.29) is 11.7 Å². The number of amidine groups is 1. The van der Waals surface area contributed by atoms with Crippen molar-refractivity contribution in [1.82, 2.24) is 15.1 Å². The molecule has 3 aliphatic heterocycles. The number of nitrogens with one attached hydrogen (secondary N) is 1. The molecule has 1 N–H and O–H groups in total. The van der Waals surface area contributed by atoms with E-state index in [9.17, 15) is 4.39 Å². The first kappa shape index (κ1) is 29.2. The number of nitrogens with zero attached hydrogens (tertiary/aromatic N) is 5. The molecule has 0 saturated carbocycles. The first-order valence-corrected chi connectivity index (χ1v) is 15.1. The van der Waals surface area contributed by atoms with E-state index >= 15 is 0 Å². The van der Waals surface area contributed by atoms with Crippen LogP contribution in [-0.2, 0) is 0 Å². The summed E-state index contributed by atoms with van der Waals surface area (Å²) >= 11 is 0. The van der Waals surface area contributed by atoms with E-state index in [0.29, 0.717) is 30.7 Å². The number of likely N-dealkylation sites (tertiary alicyclic amines) is 1. The average molecular weight is 527 g/mol. The van der Waals surface area contributed by atoms with Gasteiger partial charge in [-0.15, -0.1) is 8.58 Å². The van der Waals surface area contributed by atoms with Gasteiger partial charge < -0.3 is 15.1 Å². The normalized spacial score (nSPS) is 27.9. The monoisotopic (exact) mass is 526 g/mol. The summed E-state index contributed by atoms with van der Waals surface area (Å²) in [7, 11) is 1.08. The minimum Gasteiger partial charge on any atom is -0.381 e. The topological polar surface area (TPSA) is 55.6 Å². The largest absolute Gasteiger partial charge is 0.381 e. The molecule has 0 amide bonds. The maximum atomic E-state index is 14.3. The fraction of sp³-hybridized carbons (Fsp3) is 0.552. The van der Waals surface area contributed by atoms with Gasteiger partial charge in [-0.3, -0.25) is 4.99 Å². The van der Waals surface area contributed by atoms with E-state index in [1.54, 1.807) is 18.5 Å². The van der Waals surface area contributed by atoms with E-state index in [0.717, 1.165) is 46.0 Å². The summed E-state index contributed by atoms with van der Waals surface area (Å²) in [4.78, 5) is 18.3. The highest BCUT2D eigenvalue weighted by molar-refractivity contribution is 7.38. The summed E-state index contributed by atoms with van der Waals surface area (Å²) in [6.07, 6.45) is 18.6. The van der Waals surface area contributed by atoms with Crippen molar-refractivity contribution in [3.8, 4) is 0 Å². The van der Waals surface area contributed by atoms with Gasteiger partial charge in [-0.05, 0) is 102 Å². The van der Waals surface area contributed by atoms with Gasteiger partial charge in [-0.1, -0.05) is 19.2 Å². The Balaban J connectivity index is 1.79. The molecule has 0 radical (unpaired) electrons. The summed E-state index contributed by atoms with van der Waals surface area (Å²) in [5, 5.41) is 3.56. The van der Waals surface area contributed by atoms with Gasteiger partial charge in [0, 0.05) is 31.0 Å². The van der Waals surface area contributed by atoms with Gasteiger partial charge in [0.1, 0.15) is 12.2 Å². The molecule has 3 rings (SSSR count). The minimum absolute atomic E-state index is 0.150. The molecule has 2 fully saturated rings. The lowest BCUT2D eigenvalue weighted by Gasteiger charge is -2.27. The van der Waals surface area contributed by atoms with Crippen molar-refractivity contribution < 1.29 is 4.39 Å². The van der Waals surface area contributed by atoms with Crippen LogP contribution in [0, 0.1) is 5.92 Å². The molecule has 8 heteroatoms. The van der Waals surface area contributed by atoms with Gasteiger partial charge in [0.15, 0.2) is 5.84 Å². The zero-order chi connectivity index (χ0) is 26.5. The summed E-state index contributed by atoms with van der Waals surface area (Å²) in [5.41, 5.74) is 2.15. The number of allylic oxidation sites excluding steroid dienone is 5. The summed E-state index contributed by atoms with van der Waals surface area (Å²) in [6.45, 7) is 17.0. The SMILES string of the molecule is C=C(NC1CCPCC1)/C(C)=N/C(=C)/C(=N\C=N/CC)N1/C=C/C=C(F)\C=C\C(CCN2CCCC2)C1. The van der Waals surface area contributed by atoms with Crippen LogP contribution in [0.25, 0.3) is 0 Å². The fourth-order valence-corrected chi connectivity index (χ4v) is 6.08. The third-order valence-corrected chi connectivity index (χ3v) is 8.21. The van der Waals surface area contributed by atoms with Gasteiger partial charge in [0.05, 0.1) is 11.4 Å². The zero-order valence-electron chi connectivity index (χ0n) is 22.6. The van der Waals surface area contributed by atoms with Crippen molar-refractivity contribution in [3.63, 3.8) is 0 Å². The molecule has 0 bridgehead atoms. The molecule has 0 aromatic rings. The Kier molecular flexibility index (Phi) is 12.5. The molecular weight excluding hydrogens is 482 g/mol. The zero-order valence-corrected chi connectivity index (χ0v) is 23.6.